The van der Waals surface area contributed by atoms with Crippen LogP contribution in [0, 0.1) is 0 Å². The summed E-state index contributed by atoms with van der Waals surface area (Å²) in [5.74, 6) is 0.908. The van der Waals surface area contributed by atoms with E-state index in [1.807, 2.05) is 18.2 Å². The second kappa shape index (κ2) is 4.18. The molecule has 1 aromatic carbocycles. The van der Waals surface area contributed by atoms with Gasteiger partial charge in [0.25, 0.3) is 0 Å². The Bertz CT molecular complexity index is 537. The normalized spacial score (nSPS) is 16.4. The molecule has 2 aromatic rings. The zero-order chi connectivity index (χ0) is 11.7. The lowest BCUT2D eigenvalue weighted by atomic mass is 10.2. The molecule has 0 bridgehead atoms. The van der Waals surface area contributed by atoms with Gasteiger partial charge in [-0.2, -0.15) is 0 Å². The zero-order valence-electron chi connectivity index (χ0n) is 9.47. The number of fused-ring (bicyclic) bond motifs is 1. The number of hydrogen-bond donors (Lipinski definition) is 1. The van der Waals surface area contributed by atoms with Crippen LogP contribution in [-0.2, 0) is 4.74 Å². The first-order valence-corrected chi connectivity index (χ1v) is 5.68. The Kier molecular flexibility index (Phi) is 2.53. The molecular formula is C12H14N4O. The largest absolute Gasteiger partial charge is 0.399 e. The van der Waals surface area contributed by atoms with E-state index in [4.69, 9.17) is 10.5 Å². The van der Waals surface area contributed by atoms with Crippen LogP contribution in [-0.4, -0.2) is 36.3 Å². The number of benzene rings is 1. The van der Waals surface area contributed by atoms with Gasteiger partial charge in [0, 0.05) is 18.8 Å². The van der Waals surface area contributed by atoms with Gasteiger partial charge in [0.05, 0.1) is 30.4 Å². The fourth-order valence-corrected chi connectivity index (χ4v) is 1.96. The molecule has 0 spiro atoms. The first-order valence-electron chi connectivity index (χ1n) is 5.68. The van der Waals surface area contributed by atoms with E-state index in [-0.39, 0.29) is 0 Å². The Balaban J connectivity index is 1.98. The molecule has 1 aromatic heterocycles. The number of hydrogen-bond acceptors (Lipinski definition) is 5. The van der Waals surface area contributed by atoms with Crippen LogP contribution in [0.3, 0.4) is 0 Å². The Hall–Kier alpha value is -1.88. The number of nitrogens with two attached hydrogens (primary N) is 1. The van der Waals surface area contributed by atoms with Gasteiger partial charge in [-0.05, 0) is 18.2 Å². The lowest BCUT2D eigenvalue weighted by Gasteiger charge is -2.27. The molecule has 88 valence electrons. The molecule has 1 saturated heterocycles. The van der Waals surface area contributed by atoms with Gasteiger partial charge in [-0.15, -0.1) is 0 Å². The molecule has 0 atom stereocenters. The van der Waals surface area contributed by atoms with Crippen molar-refractivity contribution in [3.8, 4) is 0 Å². The fourth-order valence-electron chi connectivity index (χ4n) is 1.96. The van der Waals surface area contributed by atoms with Crippen LogP contribution in [0.1, 0.15) is 0 Å². The van der Waals surface area contributed by atoms with Gasteiger partial charge in [-0.3, -0.25) is 4.98 Å². The van der Waals surface area contributed by atoms with Crippen LogP contribution < -0.4 is 10.6 Å². The highest BCUT2D eigenvalue weighted by Crippen LogP contribution is 2.18. The summed E-state index contributed by atoms with van der Waals surface area (Å²) < 4.78 is 5.32. The minimum Gasteiger partial charge on any atom is -0.399 e. The third kappa shape index (κ3) is 2.01. The number of aromatic nitrogens is 2. The van der Waals surface area contributed by atoms with Gasteiger partial charge in [-0.25, -0.2) is 4.98 Å². The summed E-state index contributed by atoms with van der Waals surface area (Å²) in [5, 5.41) is 0. The topological polar surface area (TPSA) is 64.3 Å². The Labute approximate surface area is 99.2 Å². The predicted molar refractivity (Wildman–Crippen MR) is 67.0 cm³/mol. The van der Waals surface area contributed by atoms with E-state index in [2.05, 4.69) is 14.9 Å². The van der Waals surface area contributed by atoms with Crippen LogP contribution in [0.5, 0.6) is 0 Å². The number of nitrogens with zero attached hydrogens (tertiary/aromatic N) is 3. The van der Waals surface area contributed by atoms with Crippen molar-refractivity contribution in [3.63, 3.8) is 0 Å². The summed E-state index contributed by atoms with van der Waals surface area (Å²) in [5.41, 5.74) is 8.14. The molecule has 1 aliphatic heterocycles. The van der Waals surface area contributed by atoms with Crippen molar-refractivity contribution in [3.05, 3.63) is 24.4 Å². The third-order valence-electron chi connectivity index (χ3n) is 2.89. The summed E-state index contributed by atoms with van der Waals surface area (Å²) in [7, 11) is 0. The highest BCUT2D eigenvalue weighted by Gasteiger charge is 2.13. The molecule has 5 nitrogen and oxygen atoms in total. The maximum Gasteiger partial charge on any atom is 0.148 e. The molecular weight excluding hydrogens is 216 g/mol. The van der Waals surface area contributed by atoms with Crippen LogP contribution in [0.4, 0.5) is 11.5 Å². The maximum absolute atomic E-state index is 5.71. The molecule has 3 rings (SSSR count). The first kappa shape index (κ1) is 10.3. The number of rotatable bonds is 1. The molecule has 0 aliphatic carbocycles. The second-order valence-corrected chi connectivity index (χ2v) is 4.08. The van der Waals surface area contributed by atoms with Crippen molar-refractivity contribution in [2.24, 2.45) is 0 Å². The van der Waals surface area contributed by atoms with E-state index >= 15 is 0 Å². The van der Waals surface area contributed by atoms with E-state index < -0.39 is 0 Å². The Morgan fingerprint density at radius 3 is 2.82 bits per heavy atom. The van der Waals surface area contributed by atoms with E-state index in [1.165, 1.54) is 0 Å². The van der Waals surface area contributed by atoms with Crippen molar-refractivity contribution in [2.75, 3.05) is 36.9 Å². The standard InChI is InChI=1S/C12H14N4O/c13-9-1-2-10-11(7-9)14-8-12(15-10)16-3-5-17-6-4-16/h1-2,7-8H,3-6,13H2. The van der Waals surface area contributed by atoms with Crippen molar-refractivity contribution in [1.29, 1.82) is 0 Å². The Morgan fingerprint density at radius 1 is 1.18 bits per heavy atom. The van der Waals surface area contributed by atoms with Gasteiger partial charge < -0.3 is 15.4 Å². The van der Waals surface area contributed by atoms with Gasteiger partial charge >= 0.3 is 0 Å². The summed E-state index contributed by atoms with van der Waals surface area (Å²) in [6.45, 7) is 3.24. The molecule has 0 unspecified atom stereocenters. The van der Waals surface area contributed by atoms with Crippen molar-refractivity contribution in [2.45, 2.75) is 0 Å². The first-order chi connectivity index (χ1) is 8.33. The van der Waals surface area contributed by atoms with Gasteiger partial charge in [0.1, 0.15) is 5.82 Å². The summed E-state index contributed by atoms with van der Waals surface area (Å²) in [6, 6.07) is 5.59. The van der Waals surface area contributed by atoms with Gasteiger partial charge in [0.2, 0.25) is 0 Å². The van der Waals surface area contributed by atoms with E-state index in [0.717, 1.165) is 43.2 Å². The highest BCUT2D eigenvalue weighted by molar-refractivity contribution is 5.79. The van der Waals surface area contributed by atoms with Gasteiger partial charge in [0.15, 0.2) is 0 Å². The zero-order valence-corrected chi connectivity index (χ0v) is 9.47. The predicted octanol–water partition coefficient (Wildman–Crippen LogP) is 1.05. The molecule has 5 heteroatoms. The SMILES string of the molecule is Nc1ccc2nc(N3CCOCC3)cnc2c1. The minimum absolute atomic E-state index is 0.714. The van der Waals surface area contributed by atoms with Crippen molar-refractivity contribution < 1.29 is 4.74 Å². The summed E-state index contributed by atoms with van der Waals surface area (Å²) >= 11 is 0. The Morgan fingerprint density at radius 2 is 2.00 bits per heavy atom. The number of ether oxygens (including phenoxy) is 1. The van der Waals surface area contributed by atoms with Crippen LogP contribution in [0.15, 0.2) is 24.4 Å². The third-order valence-corrected chi connectivity index (χ3v) is 2.89. The van der Waals surface area contributed by atoms with Crippen molar-refractivity contribution >= 4 is 22.5 Å². The van der Waals surface area contributed by atoms with Crippen molar-refractivity contribution in [1.82, 2.24) is 9.97 Å². The summed E-state index contributed by atoms with van der Waals surface area (Å²) in [6.07, 6.45) is 1.80. The van der Waals surface area contributed by atoms with Crippen LogP contribution in [0.25, 0.3) is 11.0 Å². The number of morpholine rings is 1. The maximum atomic E-state index is 5.71. The number of nitrogen functional groups attached to an aromatic ring is 1. The molecule has 1 fully saturated rings. The minimum atomic E-state index is 0.714. The monoisotopic (exact) mass is 230 g/mol. The molecule has 0 amide bonds. The lowest BCUT2D eigenvalue weighted by molar-refractivity contribution is 0.122. The molecule has 2 heterocycles. The quantitative estimate of drug-likeness (QED) is 0.742. The second-order valence-electron chi connectivity index (χ2n) is 4.08. The molecule has 0 radical (unpaired) electrons. The molecule has 0 saturated carbocycles. The van der Waals surface area contributed by atoms with Gasteiger partial charge in [-0.1, -0.05) is 0 Å². The smallest absolute Gasteiger partial charge is 0.148 e. The number of anilines is 2. The fraction of sp³-hybridized carbons (Fsp3) is 0.333. The highest BCUT2D eigenvalue weighted by atomic mass is 16.5. The summed E-state index contributed by atoms with van der Waals surface area (Å²) in [4.78, 5) is 11.2. The average molecular weight is 230 g/mol. The van der Waals surface area contributed by atoms with E-state index in [1.54, 1.807) is 6.20 Å². The van der Waals surface area contributed by atoms with Crippen LogP contribution in [0.2, 0.25) is 0 Å². The lowest BCUT2D eigenvalue weighted by Crippen LogP contribution is -2.36. The van der Waals surface area contributed by atoms with E-state index in [9.17, 15) is 0 Å². The molecule has 1 aliphatic rings. The van der Waals surface area contributed by atoms with E-state index in [0.29, 0.717) is 5.69 Å². The molecule has 17 heavy (non-hydrogen) atoms. The van der Waals surface area contributed by atoms with Crippen LogP contribution >= 0.6 is 0 Å². The average Bonchev–Trinajstić information content (AvgIpc) is 2.39. The molecule has 2 N–H and O–H groups in total.